The summed E-state index contributed by atoms with van der Waals surface area (Å²) >= 11 is 0. The molecule has 0 spiro atoms. The summed E-state index contributed by atoms with van der Waals surface area (Å²) in [6.07, 6.45) is 8.31. The van der Waals surface area contributed by atoms with Crippen molar-refractivity contribution in [1.82, 2.24) is 5.32 Å². The summed E-state index contributed by atoms with van der Waals surface area (Å²) in [6.45, 7) is 4.76. The van der Waals surface area contributed by atoms with Crippen molar-refractivity contribution in [3.63, 3.8) is 0 Å². The van der Waals surface area contributed by atoms with Gasteiger partial charge in [0, 0.05) is 18.8 Å². The van der Waals surface area contributed by atoms with Gasteiger partial charge in [-0.1, -0.05) is 25.3 Å². The maximum absolute atomic E-state index is 13.5. The van der Waals surface area contributed by atoms with Gasteiger partial charge in [0.15, 0.2) is 11.5 Å². The first-order valence-electron chi connectivity index (χ1n) is 14.3. The Hall–Kier alpha value is -2.32. The molecule has 0 radical (unpaired) electrons. The number of carbonyl (C=O) groups excluding carboxylic acids is 2. The number of methoxy groups -OCH3 is 1. The molecule has 3 rings (SSSR count). The lowest BCUT2D eigenvalue weighted by Crippen LogP contribution is -2.49. The zero-order chi connectivity index (χ0) is 27.5. The van der Waals surface area contributed by atoms with E-state index in [-0.39, 0.29) is 29.0 Å². The van der Waals surface area contributed by atoms with E-state index in [2.05, 4.69) is 5.32 Å². The van der Waals surface area contributed by atoms with Gasteiger partial charge >= 0.3 is 11.9 Å². The lowest BCUT2D eigenvalue weighted by atomic mass is 9.68. The summed E-state index contributed by atoms with van der Waals surface area (Å²) in [5.74, 6) is -0.0724. The Morgan fingerprint density at radius 3 is 2.45 bits per heavy atom. The molecule has 1 aromatic rings. The van der Waals surface area contributed by atoms with Crippen LogP contribution in [0.4, 0.5) is 0 Å². The summed E-state index contributed by atoms with van der Waals surface area (Å²) < 4.78 is 17.5. The number of nitrogens with one attached hydrogen (secondary N) is 1. The quantitative estimate of drug-likeness (QED) is 0.313. The van der Waals surface area contributed by atoms with Crippen LogP contribution in [-0.2, 0) is 25.5 Å². The number of ether oxygens (including phenoxy) is 3. The maximum Gasteiger partial charge on any atom is 0.309 e. The van der Waals surface area contributed by atoms with Crippen LogP contribution in [0.15, 0.2) is 18.2 Å². The number of hydrogen-bond donors (Lipinski definition) is 3. The Kier molecular flexibility index (Phi) is 11.7. The van der Waals surface area contributed by atoms with Crippen LogP contribution in [0.2, 0.25) is 0 Å². The van der Waals surface area contributed by atoms with Crippen molar-refractivity contribution >= 4 is 11.9 Å². The first kappa shape index (κ1) is 30.2. The molecular formula is C30H47NO7. The lowest BCUT2D eigenvalue weighted by molar-refractivity contribution is -0.169. The van der Waals surface area contributed by atoms with Crippen molar-refractivity contribution in [1.29, 1.82) is 0 Å². The molecule has 0 aromatic heterocycles. The predicted octanol–water partition coefficient (Wildman–Crippen LogP) is 4.68. The van der Waals surface area contributed by atoms with Crippen LogP contribution in [0.1, 0.15) is 90.0 Å². The summed E-state index contributed by atoms with van der Waals surface area (Å²) in [5.41, 5.74) is 0.638. The van der Waals surface area contributed by atoms with E-state index in [1.54, 1.807) is 13.0 Å². The molecule has 1 aliphatic carbocycles. The number of rotatable bonds is 13. The van der Waals surface area contributed by atoms with Crippen molar-refractivity contribution in [3.8, 4) is 11.5 Å². The second-order valence-corrected chi connectivity index (χ2v) is 11.3. The molecule has 0 bridgehead atoms. The van der Waals surface area contributed by atoms with E-state index in [9.17, 15) is 19.8 Å². The summed E-state index contributed by atoms with van der Waals surface area (Å²) in [6, 6.07) is 5.39. The van der Waals surface area contributed by atoms with Gasteiger partial charge in [-0.2, -0.15) is 0 Å². The van der Waals surface area contributed by atoms with Gasteiger partial charge in [0.1, 0.15) is 12.2 Å². The van der Waals surface area contributed by atoms with E-state index < -0.39 is 18.3 Å². The molecule has 0 amide bonds. The minimum absolute atomic E-state index is 0.0822. The van der Waals surface area contributed by atoms with E-state index in [1.165, 1.54) is 14.0 Å². The number of phenols is 1. The van der Waals surface area contributed by atoms with Crippen LogP contribution in [0.3, 0.4) is 0 Å². The molecule has 8 nitrogen and oxygen atoms in total. The first-order valence-corrected chi connectivity index (χ1v) is 14.3. The highest BCUT2D eigenvalue weighted by atomic mass is 16.6. The third-order valence-electron chi connectivity index (χ3n) is 8.24. The van der Waals surface area contributed by atoms with E-state index in [0.29, 0.717) is 37.9 Å². The fraction of sp³-hybridized carbons (Fsp3) is 0.733. The molecular weight excluding hydrogens is 486 g/mol. The molecule has 2 fully saturated rings. The Morgan fingerprint density at radius 1 is 1.11 bits per heavy atom. The van der Waals surface area contributed by atoms with E-state index >= 15 is 0 Å². The van der Waals surface area contributed by atoms with Gasteiger partial charge in [-0.25, -0.2) is 0 Å². The molecule has 1 aromatic carbocycles. The van der Waals surface area contributed by atoms with Crippen molar-refractivity contribution in [2.24, 2.45) is 11.3 Å². The Balaban J connectivity index is 1.91. The van der Waals surface area contributed by atoms with Crippen LogP contribution in [0.25, 0.3) is 0 Å². The number of benzene rings is 1. The zero-order valence-electron chi connectivity index (χ0n) is 23.4. The van der Waals surface area contributed by atoms with Crippen LogP contribution in [0.5, 0.6) is 11.5 Å². The Bertz CT molecular complexity index is 891. The smallest absolute Gasteiger partial charge is 0.309 e. The highest BCUT2D eigenvalue weighted by molar-refractivity contribution is 5.72. The average molecular weight is 534 g/mol. The first-order chi connectivity index (χ1) is 18.2. The molecule has 1 heterocycles. The zero-order valence-corrected chi connectivity index (χ0v) is 23.4. The summed E-state index contributed by atoms with van der Waals surface area (Å²) in [5, 5.41) is 23.3. The summed E-state index contributed by atoms with van der Waals surface area (Å²) in [4.78, 5) is 25.5. The average Bonchev–Trinajstić information content (AvgIpc) is 2.89. The molecule has 3 atom stereocenters. The molecule has 214 valence electrons. The minimum Gasteiger partial charge on any atom is -0.504 e. The second kappa shape index (κ2) is 14.7. The van der Waals surface area contributed by atoms with E-state index in [4.69, 9.17) is 14.2 Å². The fourth-order valence-electron chi connectivity index (χ4n) is 6.11. The van der Waals surface area contributed by atoms with Crippen LogP contribution in [-0.4, -0.2) is 60.7 Å². The number of carbonyl (C=O) groups is 2. The number of phenolic OH excluding ortho intramolecular Hbond substituents is 1. The monoisotopic (exact) mass is 533 g/mol. The Labute approximate surface area is 227 Å². The SMILES string of the molecule is COc1cc(CC2([C@@H](C[C@@H](CCC[C@H](C)O)OC(C)=O)OC(=O)C3CCCCC3)CCNCC2)ccc1O. The van der Waals surface area contributed by atoms with Gasteiger partial charge in [-0.05, 0) is 89.1 Å². The van der Waals surface area contributed by atoms with Crippen LogP contribution >= 0.6 is 0 Å². The summed E-state index contributed by atoms with van der Waals surface area (Å²) in [7, 11) is 1.53. The van der Waals surface area contributed by atoms with Gasteiger partial charge in [0.05, 0.1) is 19.1 Å². The molecule has 8 heteroatoms. The van der Waals surface area contributed by atoms with Gasteiger partial charge in [-0.15, -0.1) is 0 Å². The third kappa shape index (κ3) is 8.87. The topological polar surface area (TPSA) is 114 Å². The van der Waals surface area contributed by atoms with Crippen molar-refractivity contribution in [3.05, 3.63) is 23.8 Å². The maximum atomic E-state index is 13.5. The number of aromatic hydroxyl groups is 1. The third-order valence-corrected chi connectivity index (χ3v) is 8.24. The standard InChI is InChI=1S/C30H47NO7/c1-21(32)8-7-11-25(37-22(2)33)19-28(38-29(35)24-9-5-4-6-10-24)30(14-16-31-17-15-30)20-23-12-13-26(34)27(18-23)36-3/h12-13,18,21,24-25,28,31-32,34H,4-11,14-17,19-20H2,1-3H3/t21-,25+,28+/m0/s1. The van der Waals surface area contributed by atoms with E-state index in [0.717, 1.165) is 63.6 Å². The molecule has 3 N–H and O–H groups in total. The Morgan fingerprint density at radius 2 is 1.82 bits per heavy atom. The van der Waals surface area contributed by atoms with Gasteiger partial charge < -0.3 is 29.7 Å². The van der Waals surface area contributed by atoms with Crippen LogP contribution < -0.4 is 10.1 Å². The number of aliphatic hydroxyl groups is 1. The highest BCUT2D eigenvalue weighted by Gasteiger charge is 2.44. The van der Waals surface area contributed by atoms with Crippen LogP contribution in [0, 0.1) is 11.3 Å². The minimum atomic E-state index is -0.435. The number of esters is 2. The van der Waals surface area contributed by atoms with Gasteiger partial charge in [-0.3, -0.25) is 9.59 Å². The van der Waals surface area contributed by atoms with Crippen molar-refractivity contribution in [2.75, 3.05) is 20.2 Å². The molecule has 2 aliphatic rings. The lowest BCUT2D eigenvalue weighted by Gasteiger charge is -2.45. The normalized spacial score (nSPS) is 20.2. The predicted molar refractivity (Wildman–Crippen MR) is 145 cm³/mol. The molecule has 1 saturated heterocycles. The molecule has 38 heavy (non-hydrogen) atoms. The highest BCUT2D eigenvalue weighted by Crippen LogP contribution is 2.43. The van der Waals surface area contributed by atoms with E-state index in [1.807, 2.05) is 12.1 Å². The molecule has 1 saturated carbocycles. The molecule has 1 aliphatic heterocycles. The number of piperidine rings is 1. The van der Waals surface area contributed by atoms with Gasteiger partial charge in [0.2, 0.25) is 0 Å². The second-order valence-electron chi connectivity index (χ2n) is 11.3. The fourth-order valence-corrected chi connectivity index (χ4v) is 6.11. The van der Waals surface area contributed by atoms with Crippen molar-refractivity contribution < 1.29 is 34.0 Å². The largest absolute Gasteiger partial charge is 0.504 e. The van der Waals surface area contributed by atoms with Gasteiger partial charge in [0.25, 0.3) is 0 Å². The number of hydrogen-bond acceptors (Lipinski definition) is 8. The number of aliphatic hydroxyl groups excluding tert-OH is 1. The van der Waals surface area contributed by atoms with Crippen molar-refractivity contribution in [2.45, 2.75) is 109 Å². The molecule has 0 unspecified atom stereocenters.